The highest BCUT2D eigenvalue weighted by Gasteiger charge is 2.76. The molecule has 0 radical (unpaired) electrons. The van der Waals surface area contributed by atoms with E-state index in [0.29, 0.717) is 47.0 Å². The number of aromatic nitrogens is 2. The summed E-state index contributed by atoms with van der Waals surface area (Å²) in [4.78, 5) is 90.5. The molecule has 1 N–H and O–H groups in total. The van der Waals surface area contributed by atoms with Crippen molar-refractivity contribution in [1.82, 2.24) is 19.8 Å². The van der Waals surface area contributed by atoms with Crippen molar-refractivity contribution in [2.45, 2.75) is 61.9 Å². The molecule has 1 aliphatic carbocycles. The van der Waals surface area contributed by atoms with Crippen LogP contribution in [0.25, 0.3) is 0 Å². The second-order valence-corrected chi connectivity index (χ2v) is 19.3. The number of cyclic esters (lactones) is 1. The Labute approximate surface area is 438 Å². The number of anilines is 2. The number of nitrogens with zero attached hydrogens (tertiary/aromatic N) is 7. The van der Waals surface area contributed by atoms with Crippen LogP contribution in [0.2, 0.25) is 0 Å². The highest BCUT2D eigenvalue weighted by Crippen LogP contribution is 2.66. The fourth-order valence-electron chi connectivity index (χ4n) is 11.7. The van der Waals surface area contributed by atoms with E-state index < -0.39 is 64.4 Å². The first-order valence-corrected chi connectivity index (χ1v) is 25.5. The first kappa shape index (κ1) is 49.5. The quantitative estimate of drug-likeness (QED) is 0.0568. The lowest BCUT2D eigenvalue weighted by atomic mass is 9.64. The van der Waals surface area contributed by atoms with Crippen LogP contribution in [0.4, 0.5) is 22.1 Å². The van der Waals surface area contributed by atoms with Crippen molar-refractivity contribution in [1.29, 1.82) is 0 Å². The number of imide groups is 1. The first-order chi connectivity index (χ1) is 37.1. The summed E-state index contributed by atoms with van der Waals surface area (Å²) in [6.07, 6.45) is 7.19. The van der Waals surface area contributed by atoms with Crippen LogP contribution in [0.5, 0.6) is 5.75 Å². The number of carbonyl (C=O) groups excluding carboxylic acids is 4. The summed E-state index contributed by atoms with van der Waals surface area (Å²) in [5, 5.41) is 21.4. The molecule has 3 amide bonds. The molecule has 5 aromatic carbocycles. The van der Waals surface area contributed by atoms with Gasteiger partial charge in [0.25, 0.3) is 5.69 Å². The van der Waals surface area contributed by atoms with Crippen LogP contribution in [-0.4, -0.2) is 99.1 Å². The summed E-state index contributed by atoms with van der Waals surface area (Å²) in [6.45, 7) is 0.351. The van der Waals surface area contributed by atoms with Gasteiger partial charge in [0.1, 0.15) is 36.5 Å². The second-order valence-electron chi connectivity index (χ2n) is 19.3. The van der Waals surface area contributed by atoms with Crippen LogP contribution in [0.15, 0.2) is 158 Å². The van der Waals surface area contributed by atoms with E-state index in [0.717, 1.165) is 41.7 Å². The van der Waals surface area contributed by atoms with Gasteiger partial charge in [0.2, 0.25) is 17.8 Å². The number of ether oxygens (including phenoxy) is 3. The molecular formula is C59H53N7O10. The minimum atomic E-state index is -2.10. The number of non-ortho nitro benzene ring substituents is 1. The van der Waals surface area contributed by atoms with Crippen molar-refractivity contribution < 1.29 is 43.4 Å². The number of fused-ring (bicyclic) bond motifs is 3. The Kier molecular flexibility index (Phi) is 13.8. The van der Waals surface area contributed by atoms with Crippen LogP contribution in [-0.2, 0) is 35.9 Å². The first-order valence-electron chi connectivity index (χ1n) is 25.5. The lowest BCUT2D eigenvalue weighted by molar-refractivity contribution is -0.384. The molecule has 4 aliphatic heterocycles. The summed E-state index contributed by atoms with van der Waals surface area (Å²) in [5.74, 6) is 3.94. The van der Waals surface area contributed by atoms with Crippen LogP contribution >= 0.6 is 0 Å². The molecule has 3 fully saturated rings. The number of aliphatic hydroxyl groups excluding tert-OH is 1. The van der Waals surface area contributed by atoms with Crippen molar-refractivity contribution in [3.05, 3.63) is 201 Å². The highest BCUT2D eigenvalue weighted by molar-refractivity contribution is 6.23. The van der Waals surface area contributed by atoms with E-state index in [1.54, 1.807) is 59.8 Å². The number of nitro groups is 1. The van der Waals surface area contributed by atoms with Gasteiger partial charge in [-0.2, -0.15) is 0 Å². The number of amides is 3. The third-order valence-electron chi connectivity index (χ3n) is 15.0. The minimum absolute atomic E-state index is 0.0453. The Morgan fingerprint density at radius 3 is 2.22 bits per heavy atom. The van der Waals surface area contributed by atoms with Crippen molar-refractivity contribution >= 4 is 41.2 Å². The average molecular weight is 1020 g/mol. The number of allylic oxidation sites excluding steroid dienone is 2. The van der Waals surface area contributed by atoms with Gasteiger partial charge in [-0.25, -0.2) is 19.7 Å². The van der Waals surface area contributed by atoms with E-state index >= 15 is 19.2 Å². The number of hydrogen-bond acceptors (Lipinski definition) is 14. The molecule has 6 aromatic rings. The predicted molar refractivity (Wildman–Crippen MR) is 278 cm³/mol. The van der Waals surface area contributed by atoms with Crippen molar-refractivity contribution in [2.75, 3.05) is 49.2 Å². The Hall–Kier alpha value is -8.72. The van der Waals surface area contributed by atoms with Crippen LogP contribution in [0.3, 0.4) is 0 Å². The van der Waals surface area contributed by atoms with E-state index in [2.05, 4.69) is 27.9 Å². The van der Waals surface area contributed by atoms with Gasteiger partial charge in [0.05, 0.1) is 35.2 Å². The van der Waals surface area contributed by atoms with E-state index in [9.17, 15) is 15.2 Å². The molecule has 5 aliphatic rings. The maximum atomic E-state index is 16.9. The van der Waals surface area contributed by atoms with Gasteiger partial charge in [-0.05, 0) is 108 Å². The van der Waals surface area contributed by atoms with Gasteiger partial charge >= 0.3 is 12.1 Å². The molecule has 17 heteroatoms. The Morgan fingerprint density at radius 1 is 0.803 bits per heavy atom. The smallest absolute Gasteiger partial charge is 0.421 e. The van der Waals surface area contributed by atoms with E-state index in [1.807, 2.05) is 76.5 Å². The van der Waals surface area contributed by atoms with Crippen molar-refractivity contribution in [3.8, 4) is 17.6 Å². The third kappa shape index (κ3) is 9.09. The molecule has 6 atom stereocenters. The number of morpholine rings is 1. The number of rotatable bonds is 11. The van der Waals surface area contributed by atoms with E-state index in [1.165, 1.54) is 24.3 Å². The van der Waals surface area contributed by atoms with Crippen LogP contribution < -0.4 is 14.5 Å². The van der Waals surface area contributed by atoms with Crippen molar-refractivity contribution in [3.63, 3.8) is 0 Å². The van der Waals surface area contributed by atoms with Gasteiger partial charge in [0.15, 0.2) is 0 Å². The molecule has 3 saturated heterocycles. The summed E-state index contributed by atoms with van der Waals surface area (Å²) < 4.78 is 18.7. The van der Waals surface area contributed by atoms with Crippen LogP contribution in [0, 0.1) is 27.9 Å². The van der Waals surface area contributed by atoms with E-state index in [4.69, 9.17) is 14.2 Å². The monoisotopic (exact) mass is 1020 g/mol. The number of nitro benzene ring substituents is 1. The molecule has 5 heterocycles. The number of aliphatic hydroxyl groups is 1. The molecule has 17 nitrogen and oxygen atoms in total. The lowest BCUT2D eigenvalue weighted by Gasteiger charge is -2.46. The average Bonchev–Trinajstić information content (AvgIpc) is 4.11. The standard InChI is InChI=1S/C59H53N7O10/c67-34-35-74-46-19-10-18-44(37-46)53-59(47-36-40(21-20-39-12-4-1-5-13-39)24-27-48(47)64(56(59)70)58(71)75-38-41-22-25-45(26-23-41)66(72)73)49(54(68)62-30-32-63(33-31-62)57-60-28-11-29-61-57)51-55(69)76-52(43-16-8-3-9-17-43)50(65(51)53)42-14-6-2-7-15-42/h2-3,6-12,14-19,22-29,36-37,49-53,67H,1,4-5,13,30-35,38H2/t49-,50-,51-,52+,53+,59-/m0/s1. The fourth-order valence-corrected chi connectivity index (χ4v) is 11.7. The Balaban J connectivity index is 1.15. The van der Waals surface area contributed by atoms with Gasteiger partial charge < -0.3 is 29.1 Å². The highest BCUT2D eigenvalue weighted by atomic mass is 16.6. The molecule has 0 unspecified atom stereocenters. The predicted octanol–water partition coefficient (Wildman–Crippen LogP) is 7.96. The summed E-state index contributed by atoms with van der Waals surface area (Å²) in [5.41, 5.74) is 1.96. The molecule has 0 bridgehead atoms. The largest absolute Gasteiger partial charge is 0.491 e. The topological polar surface area (TPSA) is 198 Å². The van der Waals surface area contributed by atoms with Gasteiger partial charge in [-0.3, -0.25) is 29.4 Å². The maximum Gasteiger partial charge on any atom is 0.421 e. The molecule has 1 aromatic heterocycles. The Bertz CT molecular complexity index is 3270. The van der Waals surface area contributed by atoms with Gasteiger partial charge in [-0.15, -0.1) is 0 Å². The summed E-state index contributed by atoms with van der Waals surface area (Å²) >= 11 is 0. The van der Waals surface area contributed by atoms with Crippen LogP contribution in [0.1, 0.15) is 77.3 Å². The number of esters is 1. The minimum Gasteiger partial charge on any atom is -0.491 e. The third-order valence-corrected chi connectivity index (χ3v) is 15.0. The second kappa shape index (κ2) is 21.3. The Morgan fingerprint density at radius 2 is 1.53 bits per heavy atom. The maximum absolute atomic E-state index is 16.9. The SMILES string of the molecule is O=C1O[C@H](c2ccccc2)[C@H](c2ccccc2)N2[C@H]1[C@@H](C(=O)N1CCN(c3ncccn3)CC1)[C@]1(C(=O)N(C(=O)OCc3ccc([N+](=O)[O-])cc3)c3ccc(C#CC4=CCCCC4)cc31)[C@H]2c1cccc(OCCO)c1. The number of benzene rings is 5. The zero-order chi connectivity index (χ0) is 52.3. The number of carbonyl (C=O) groups is 4. The zero-order valence-corrected chi connectivity index (χ0v) is 41.4. The number of piperazine rings is 1. The molecule has 0 saturated carbocycles. The fraction of sp³-hybridized carbons (Fsp3) is 0.288. The molecular weight excluding hydrogens is 967 g/mol. The molecule has 384 valence electrons. The zero-order valence-electron chi connectivity index (χ0n) is 41.4. The summed E-state index contributed by atoms with van der Waals surface area (Å²) in [6, 6.07) is 34.8. The molecule has 76 heavy (non-hydrogen) atoms. The van der Waals surface area contributed by atoms with Gasteiger partial charge in [-0.1, -0.05) is 90.7 Å². The normalized spacial score (nSPS) is 22.9. The summed E-state index contributed by atoms with van der Waals surface area (Å²) in [7, 11) is 0. The van der Waals surface area contributed by atoms with E-state index in [-0.39, 0.29) is 49.8 Å². The van der Waals surface area contributed by atoms with Gasteiger partial charge in [0, 0.05) is 56.3 Å². The van der Waals surface area contributed by atoms with Crippen molar-refractivity contribution in [2.24, 2.45) is 5.92 Å². The number of hydrogen-bond donors (Lipinski definition) is 1. The molecule has 1 spiro atoms. The lowest BCUT2D eigenvalue weighted by Crippen LogP contribution is -2.59. The molecule has 11 rings (SSSR count).